The molecule has 0 bridgehead atoms. The number of aryl methyl sites for hydroxylation is 1. The Morgan fingerprint density at radius 2 is 1.73 bits per heavy atom. The first-order valence-corrected chi connectivity index (χ1v) is 13.6. The Kier molecular flexibility index (Phi) is 11.1. The molecule has 37 heavy (non-hydrogen) atoms. The third kappa shape index (κ3) is 7.64. The summed E-state index contributed by atoms with van der Waals surface area (Å²) in [7, 11) is 3.29. The Balaban J connectivity index is 1.77. The topological polar surface area (TPSA) is 77.8 Å². The van der Waals surface area contributed by atoms with Crippen LogP contribution in [-0.2, 0) is 16.6 Å². The lowest BCUT2D eigenvalue weighted by atomic mass is 9.74. The van der Waals surface area contributed by atoms with E-state index in [1.165, 1.54) is 12.8 Å². The van der Waals surface area contributed by atoms with E-state index in [1.807, 2.05) is 30.3 Å². The van der Waals surface area contributed by atoms with Gasteiger partial charge in [0.2, 0.25) is 0 Å². The smallest absolute Gasteiger partial charge is 0.161 e. The fourth-order valence-corrected chi connectivity index (χ4v) is 5.06. The number of methoxy groups -OCH3 is 2. The second kappa shape index (κ2) is 14.5. The third-order valence-electron chi connectivity index (χ3n) is 7.27. The van der Waals surface area contributed by atoms with E-state index in [0.29, 0.717) is 37.4 Å². The molecule has 6 nitrogen and oxygen atoms in total. The van der Waals surface area contributed by atoms with Gasteiger partial charge in [-0.1, -0.05) is 25.5 Å². The molecule has 0 aromatic heterocycles. The number of hydrogen-bond donors (Lipinski definition) is 0. The molecule has 0 amide bonds. The number of carbonyl (C=O) groups excluding carboxylic acids is 1. The Labute approximate surface area is 221 Å². The van der Waals surface area contributed by atoms with Gasteiger partial charge < -0.3 is 23.7 Å². The molecule has 0 radical (unpaired) electrons. The molecule has 1 aliphatic carbocycles. The molecule has 1 aliphatic rings. The summed E-state index contributed by atoms with van der Waals surface area (Å²) in [5.41, 5.74) is 1.22. The minimum absolute atomic E-state index is 0.180. The van der Waals surface area contributed by atoms with Crippen LogP contribution in [0.1, 0.15) is 82.3 Å². The second-order valence-electron chi connectivity index (χ2n) is 9.83. The fraction of sp³-hybridized carbons (Fsp3) is 0.548. The summed E-state index contributed by atoms with van der Waals surface area (Å²) in [4.78, 5) is 11.3. The highest BCUT2D eigenvalue weighted by Gasteiger charge is 2.33. The maximum atomic E-state index is 11.3. The maximum Gasteiger partial charge on any atom is 0.161 e. The van der Waals surface area contributed by atoms with Crippen molar-refractivity contribution in [2.45, 2.75) is 89.1 Å². The molecule has 2 aromatic carbocycles. The SMILES string of the molecule is CCCCOc1ccc(CCCC(C#N)(CCC=O)c2ccc(OC)c(OC3CCCC3)c2)cc1OC. The Morgan fingerprint density at radius 1 is 0.973 bits per heavy atom. The molecule has 0 N–H and O–H groups in total. The first kappa shape index (κ1) is 28.4. The van der Waals surface area contributed by atoms with Gasteiger partial charge in [0.25, 0.3) is 0 Å². The summed E-state index contributed by atoms with van der Waals surface area (Å²) in [5, 5.41) is 10.4. The number of ether oxygens (including phenoxy) is 4. The van der Waals surface area contributed by atoms with E-state index >= 15 is 0 Å². The molecule has 1 unspecified atom stereocenters. The summed E-state index contributed by atoms with van der Waals surface area (Å²) in [5.74, 6) is 2.84. The molecule has 3 rings (SSSR count). The fourth-order valence-electron chi connectivity index (χ4n) is 5.06. The van der Waals surface area contributed by atoms with Crippen LogP contribution < -0.4 is 18.9 Å². The van der Waals surface area contributed by atoms with Crippen molar-refractivity contribution in [2.75, 3.05) is 20.8 Å². The monoisotopic (exact) mass is 507 g/mol. The Morgan fingerprint density at radius 3 is 2.41 bits per heavy atom. The number of rotatable bonds is 16. The number of nitriles is 1. The van der Waals surface area contributed by atoms with Crippen LogP contribution in [0.4, 0.5) is 0 Å². The summed E-state index contributed by atoms with van der Waals surface area (Å²) in [6, 6.07) is 14.4. The molecule has 1 atom stereocenters. The maximum absolute atomic E-state index is 11.3. The van der Waals surface area contributed by atoms with Gasteiger partial charge in [0, 0.05) is 6.42 Å². The zero-order valence-corrected chi connectivity index (χ0v) is 22.6. The Bertz CT molecular complexity index is 1040. The average molecular weight is 508 g/mol. The van der Waals surface area contributed by atoms with E-state index in [4.69, 9.17) is 18.9 Å². The number of nitrogens with zero attached hydrogens (tertiary/aromatic N) is 1. The molecular formula is C31H41NO5. The second-order valence-corrected chi connectivity index (χ2v) is 9.83. The van der Waals surface area contributed by atoms with Crippen molar-refractivity contribution in [2.24, 2.45) is 0 Å². The van der Waals surface area contributed by atoms with Gasteiger partial charge in [0.15, 0.2) is 23.0 Å². The van der Waals surface area contributed by atoms with Crippen molar-refractivity contribution < 1.29 is 23.7 Å². The van der Waals surface area contributed by atoms with Gasteiger partial charge in [-0.25, -0.2) is 0 Å². The van der Waals surface area contributed by atoms with Crippen molar-refractivity contribution in [3.05, 3.63) is 47.5 Å². The molecule has 0 aliphatic heterocycles. The average Bonchev–Trinajstić information content (AvgIpc) is 3.44. The van der Waals surface area contributed by atoms with Crippen molar-refractivity contribution in [3.8, 4) is 29.1 Å². The molecule has 0 spiro atoms. The number of aldehydes is 1. The number of hydrogen-bond acceptors (Lipinski definition) is 6. The van der Waals surface area contributed by atoms with Gasteiger partial charge in [0.05, 0.1) is 38.4 Å². The number of unbranched alkanes of at least 4 members (excludes halogenated alkanes) is 1. The predicted octanol–water partition coefficient (Wildman–Crippen LogP) is 6.97. The van der Waals surface area contributed by atoms with Gasteiger partial charge in [0.1, 0.15) is 6.29 Å². The zero-order chi connectivity index (χ0) is 26.5. The van der Waals surface area contributed by atoms with Crippen molar-refractivity contribution in [1.29, 1.82) is 5.26 Å². The highest BCUT2D eigenvalue weighted by Crippen LogP contribution is 2.40. The van der Waals surface area contributed by atoms with Crippen molar-refractivity contribution in [1.82, 2.24) is 0 Å². The minimum Gasteiger partial charge on any atom is -0.493 e. The highest BCUT2D eigenvalue weighted by atomic mass is 16.5. The summed E-state index contributed by atoms with van der Waals surface area (Å²) < 4.78 is 23.3. The van der Waals surface area contributed by atoms with E-state index in [-0.39, 0.29) is 6.10 Å². The highest BCUT2D eigenvalue weighted by molar-refractivity contribution is 5.52. The van der Waals surface area contributed by atoms with Gasteiger partial charge in [-0.05, 0) is 93.2 Å². The zero-order valence-electron chi connectivity index (χ0n) is 22.6. The van der Waals surface area contributed by atoms with Crippen molar-refractivity contribution >= 4 is 6.29 Å². The van der Waals surface area contributed by atoms with Crippen LogP contribution >= 0.6 is 0 Å². The first-order valence-electron chi connectivity index (χ1n) is 13.6. The van der Waals surface area contributed by atoms with E-state index in [0.717, 1.165) is 67.4 Å². The van der Waals surface area contributed by atoms with Crippen LogP contribution in [-0.4, -0.2) is 33.2 Å². The van der Waals surface area contributed by atoms with E-state index in [2.05, 4.69) is 19.1 Å². The van der Waals surface area contributed by atoms with Crippen LogP contribution in [0.25, 0.3) is 0 Å². The van der Waals surface area contributed by atoms with Gasteiger partial charge in [-0.2, -0.15) is 5.26 Å². The molecule has 1 saturated carbocycles. The third-order valence-corrected chi connectivity index (χ3v) is 7.27. The Hall–Kier alpha value is -3.20. The molecular weight excluding hydrogens is 466 g/mol. The first-order chi connectivity index (χ1) is 18.1. The van der Waals surface area contributed by atoms with Crippen molar-refractivity contribution in [3.63, 3.8) is 0 Å². The molecule has 0 saturated heterocycles. The molecule has 6 heteroatoms. The van der Waals surface area contributed by atoms with Crippen LogP contribution in [0.3, 0.4) is 0 Å². The lowest BCUT2D eigenvalue weighted by molar-refractivity contribution is -0.108. The summed E-state index contributed by atoms with van der Waals surface area (Å²) in [6.45, 7) is 2.80. The van der Waals surface area contributed by atoms with Gasteiger partial charge >= 0.3 is 0 Å². The molecule has 2 aromatic rings. The quantitative estimate of drug-likeness (QED) is 0.180. The van der Waals surface area contributed by atoms with E-state index in [1.54, 1.807) is 14.2 Å². The summed E-state index contributed by atoms with van der Waals surface area (Å²) >= 11 is 0. The number of benzene rings is 2. The lowest BCUT2D eigenvalue weighted by Crippen LogP contribution is -2.25. The van der Waals surface area contributed by atoms with Gasteiger partial charge in [-0.15, -0.1) is 0 Å². The largest absolute Gasteiger partial charge is 0.493 e. The summed E-state index contributed by atoms with van der Waals surface area (Å²) in [6.07, 6.45) is 10.6. The van der Waals surface area contributed by atoms with Crippen LogP contribution in [0.15, 0.2) is 36.4 Å². The van der Waals surface area contributed by atoms with Crippen LogP contribution in [0.2, 0.25) is 0 Å². The lowest BCUT2D eigenvalue weighted by Gasteiger charge is -2.28. The standard InChI is InChI=1S/C31H41NO5/c1-4-5-20-36-28-15-13-24(21-29(28)35-3)10-8-17-31(23-32,18-9-19-33)25-14-16-27(34-2)30(22-25)37-26-11-6-7-12-26/h13-16,19,21-22,26H,4-12,17-18,20H2,1-3H3. The predicted molar refractivity (Wildman–Crippen MR) is 145 cm³/mol. The van der Waals surface area contributed by atoms with E-state index < -0.39 is 5.41 Å². The molecule has 0 heterocycles. The number of carbonyl (C=O) groups is 1. The van der Waals surface area contributed by atoms with Crippen LogP contribution in [0.5, 0.6) is 23.0 Å². The minimum atomic E-state index is -0.783. The van der Waals surface area contributed by atoms with Gasteiger partial charge in [-0.3, -0.25) is 0 Å². The normalized spacial score (nSPS) is 15.0. The van der Waals surface area contributed by atoms with Crippen LogP contribution in [0, 0.1) is 11.3 Å². The molecule has 1 fully saturated rings. The van der Waals surface area contributed by atoms with E-state index in [9.17, 15) is 10.1 Å². The molecule has 200 valence electrons.